The van der Waals surface area contributed by atoms with Crippen molar-refractivity contribution in [2.75, 3.05) is 16.8 Å². The summed E-state index contributed by atoms with van der Waals surface area (Å²) < 4.78 is 37.3. The maximum Gasteiger partial charge on any atom is 0.397 e. The molecule has 2 N–H and O–H groups in total. The van der Waals surface area contributed by atoms with Gasteiger partial charge in [-0.25, -0.2) is 4.98 Å². The van der Waals surface area contributed by atoms with E-state index in [-0.39, 0.29) is 12.1 Å². The SMILES string of the molecule is O=C(CC(F)(F)F)NC1CCC(Nc2nccc(N3CCCc4cnc(-c5ccccc5)cc43)n2)CC1. The van der Waals surface area contributed by atoms with Gasteiger partial charge in [-0.3, -0.25) is 9.78 Å². The van der Waals surface area contributed by atoms with E-state index in [1.54, 1.807) is 6.20 Å². The fourth-order valence-corrected chi connectivity index (χ4v) is 5.06. The first-order chi connectivity index (χ1) is 17.8. The van der Waals surface area contributed by atoms with E-state index in [9.17, 15) is 18.0 Å². The van der Waals surface area contributed by atoms with Gasteiger partial charge in [-0.05, 0) is 56.2 Å². The molecule has 2 aliphatic rings. The van der Waals surface area contributed by atoms with E-state index in [2.05, 4.69) is 31.6 Å². The second-order valence-corrected chi connectivity index (χ2v) is 9.61. The highest BCUT2D eigenvalue weighted by molar-refractivity contribution is 5.77. The highest BCUT2D eigenvalue weighted by Crippen LogP contribution is 2.35. The molecule has 0 saturated heterocycles. The average molecular weight is 511 g/mol. The Kier molecular flexibility index (Phi) is 7.25. The number of nitrogens with zero attached hydrogens (tertiary/aromatic N) is 4. The normalized spacial score (nSPS) is 19.7. The molecule has 3 heterocycles. The van der Waals surface area contributed by atoms with Crippen LogP contribution in [0, 0.1) is 0 Å². The van der Waals surface area contributed by atoms with E-state index in [4.69, 9.17) is 4.98 Å². The van der Waals surface area contributed by atoms with Gasteiger partial charge in [-0.15, -0.1) is 0 Å². The van der Waals surface area contributed by atoms with E-state index in [0.29, 0.717) is 31.6 Å². The highest BCUT2D eigenvalue weighted by atomic mass is 19.4. The van der Waals surface area contributed by atoms with Crippen LogP contribution in [0.1, 0.15) is 44.1 Å². The molecule has 1 aromatic carbocycles. The number of carbonyl (C=O) groups is 1. The number of benzene rings is 1. The van der Waals surface area contributed by atoms with Crippen molar-refractivity contribution in [2.45, 2.75) is 63.2 Å². The Bertz CT molecular complexity index is 1230. The van der Waals surface area contributed by atoms with Crippen LogP contribution in [0.15, 0.2) is 54.9 Å². The van der Waals surface area contributed by atoms with Crippen molar-refractivity contribution < 1.29 is 18.0 Å². The maximum absolute atomic E-state index is 12.4. The van der Waals surface area contributed by atoms with Crippen molar-refractivity contribution >= 4 is 23.4 Å². The van der Waals surface area contributed by atoms with Gasteiger partial charge >= 0.3 is 6.18 Å². The topological polar surface area (TPSA) is 83.0 Å². The Hall–Kier alpha value is -3.69. The van der Waals surface area contributed by atoms with Crippen LogP contribution in [-0.4, -0.2) is 45.7 Å². The monoisotopic (exact) mass is 510 g/mol. The second-order valence-electron chi connectivity index (χ2n) is 9.61. The summed E-state index contributed by atoms with van der Waals surface area (Å²) >= 11 is 0. The van der Waals surface area contributed by atoms with Gasteiger partial charge in [-0.1, -0.05) is 30.3 Å². The Morgan fingerprint density at radius 3 is 2.54 bits per heavy atom. The molecule has 3 aromatic rings. The standard InChI is InChI=1S/C27H29F3N6O/c28-27(29,30)16-25(37)33-20-8-10-21(11-9-20)34-26-31-13-12-24(35-26)36-14-4-7-19-17-32-22(15-23(19)36)18-5-2-1-3-6-18/h1-3,5-6,12-13,15,17,20-21H,4,7-11,14,16H2,(H,33,37)(H,31,34,35). The van der Waals surface area contributed by atoms with Crippen LogP contribution in [0.2, 0.25) is 0 Å². The third-order valence-corrected chi connectivity index (χ3v) is 6.85. The molecule has 2 aromatic heterocycles. The van der Waals surface area contributed by atoms with E-state index >= 15 is 0 Å². The van der Waals surface area contributed by atoms with Crippen molar-refractivity contribution in [3.8, 4) is 11.3 Å². The smallest absolute Gasteiger partial charge is 0.353 e. The van der Waals surface area contributed by atoms with Crippen LogP contribution in [0.4, 0.5) is 30.6 Å². The Labute approximate surface area is 213 Å². The number of aromatic nitrogens is 3. The van der Waals surface area contributed by atoms with Crippen molar-refractivity contribution in [1.82, 2.24) is 20.3 Å². The molecule has 0 radical (unpaired) electrons. The molecule has 1 saturated carbocycles. The van der Waals surface area contributed by atoms with Crippen LogP contribution >= 0.6 is 0 Å². The van der Waals surface area contributed by atoms with Gasteiger partial charge in [0.05, 0.1) is 5.69 Å². The number of aryl methyl sites for hydroxylation is 1. The number of hydrogen-bond donors (Lipinski definition) is 2. The lowest BCUT2D eigenvalue weighted by molar-refractivity contribution is -0.154. The molecule has 0 bridgehead atoms. The molecular weight excluding hydrogens is 481 g/mol. The molecule has 1 aliphatic heterocycles. The Balaban J connectivity index is 1.24. The van der Waals surface area contributed by atoms with Crippen LogP contribution in [0.25, 0.3) is 11.3 Å². The zero-order valence-corrected chi connectivity index (χ0v) is 20.3. The molecule has 5 rings (SSSR count). The molecule has 1 aliphatic carbocycles. The zero-order valence-electron chi connectivity index (χ0n) is 20.3. The molecule has 0 spiro atoms. The van der Waals surface area contributed by atoms with Crippen LogP contribution in [0.5, 0.6) is 0 Å². The van der Waals surface area contributed by atoms with Gasteiger partial charge in [0.2, 0.25) is 11.9 Å². The summed E-state index contributed by atoms with van der Waals surface area (Å²) in [6.07, 6.45) is 2.37. The van der Waals surface area contributed by atoms with Gasteiger partial charge in [0, 0.05) is 42.3 Å². The number of fused-ring (bicyclic) bond motifs is 1. The lowest BCUT2D eigenvalue weighted by Gasteiger charge is -2.32. The van der Waals surface area contributed by atoms with Crippen molar-refractivity contribution in [3.05, 3.63) is 60.4 Å². The van der Waals surface area contributed by atoms with Gasteiger partial charge < -0.3 is 15.5 Å². The van der Waals surface area contributed by atoms with E-state index in [1.165, 1.54) is 5.56 Å². The number of rotatable bonds is 6. The third kappa shape index (κ3) is 6.36. The van der Waals surface area contributed by atoms with Gasteiger partial charge in [0.1, 0.15) is 12.2 Å². The lowest BCUT2D eigenvalue weighted by Crippen LogP contribution is -2.41. The summed E-state index contributed by atoms with van der Waals surface area (Å²) in [4.78, 5) is 27.7. The highest BCUT2D eigenvalue weighted by Gasteiger charge is 2.32. The molecule has 0 unspecified atom stereocenters. The maximum atomic E-state index is 12.4. The summed E-state index contributed by atoms with van der Waals surface area (Å²) in [6, 6.07) is 14.0. The summed E-state index contributed by atoms with van der Waals surface area (Å²) in [7, 11) is 0. The number of pyridine rings is 1. The van der Waals surface area contributed by atoms with E-state index in [0.717, 1.165) is 42.1 Å². The number of anilines is 3. The summed E-state index contributed by atoms with van der Waals surface area (Å²) in [6.45, 7) is 0.838. The number of alkyl halides is 3. The fraction of sp³-hybridized carbons (Fsp3) is 0.407. The Morgan fingerprint density at radius 1 is 1.03 bits per heavy atom. The molecule has 10 heteroatoms. The quantitative estimate of drug-likeness (QED) is 0.461. The molecule has 1 amide bonds. The number of hydrogen-bond acceptors (Lipinski definition) is 6. The van der Waals surface area contributed by atoms with Crippen molar-refractivity contribution in [1.29, 1.82) is 0 Å². The van der Waals surface area contributed by atoms with Crippen molar-refractivity contribution in [3.63, 3.8) is 0 Å². The third-order valence-electron chi connectivity index (χ3n) is 6.85. The molecule has 37 heavy (non-hydrogen) atoms. The molecule has 1 fully saturated rings. The number of nitrogens with one attached hydrogen (secondary N) is 2. The average Bonchev–Trinajstić information content (AvgIpc) is 2.89. The number of amides is 1. The number of halogens is 3. The second kappa shape index (κ2) is 10.7. The summed E-state index contributed by atoms with van der Waals surface area (Å²) in [5, 5.41) is 5.89. The first-order valence-electron chi connectivity index (χ1n) is 12.6. The van der Waals surface area contributed by atoms with E-state index in [1.807, 2.05) is 42.6 Å². The van der Waals surface area contributed by atoms with Crippen molar-refractivity contribution in [2.24, 2.45) is 0 Å². The zero-order chi connectivity index (χ0) is 25.8. The Morgan fingerprint density at radius 2 is 1.78 bits per heavy atom. The molecule has 0 atom stereocenters. The van der Waals surface area contributed by atoms with Gasteiger partial charge in [0.15, 0.2) is 0 Å². The first-order valence-corrected chi connectivity index (χ1v) is 12.6. The predicted octanol–water partition coefficient (Wildman–Crippen LogP) is 5.41. The fourth-order valence-electron chi connectivity index (χ4n) is 5.06. The largest absolute Gasteiger partial charge is 0.397 e. The first kappa shape index (κ1) is 25.0. The lowest BCUT2D eigenvalue weighted by atomic mass is 9.91. The molecule has 194 valence electrons. The minimum absolute atomic E-state index is 0.0912. The van der Waals surface area contributed by atoms with Gasteiger partial charge in [-0.2, -0.15) is 18.2 Å². The predicted molar refractivity (Wildman–Crippen MR) is 136 cm³/mol. The van der Waals surface area contributed by atoms with Crippen LogP contribution in [-0.2, 0) is 11.2 Å². The molecule has 7 nitrogen and oxygen atoms in total. The van der Waals surface area contributed by atoms with Crippen LogP contribution in [0.3, 0.4) is 0 Å². The molecular formula is C27H29F3N6O. The van der Waals surface area contributed by atoms with E-state index < -0.39 is 18.5 Å². The van der Waals surface area contributed by atoms with Gasteiger partial charge in [0.25, 0.3) is 0 Å². The van der Waals surface area contributed by atoms with Crippen LogP contribution < -0.4 is 15.5 Å². The summed E-state index contributed by atoms with van der Waals surface area (Å²) in [5.74, 6) is 0.357. The number of carbonyl (C=O) groups excluding carboxylic acids is 1. The minimum atomic E-state index is -4.49. The minimum Gasteiger partial charge on any atom is -0.353 e. The summed E-state index contributed by atoms with van der Waals surface area (Å²) in [5.41, 5.74) is 4.26.